The zero-order valence-electron chi connectivity index (χ0n) is 10.9. The normalized spacial score (nSPS) is 17.1. The fraction of sp³-hybridized carbons (Fsp3) is 0.500. The first kappa shape index (κ1) is 13.7. The quantitative estimate of drug-likeness (QED) is 0.818. The Morgan fingerprint density at radius 1 is 1.26 bits per heavy atom. The van der Waals surface area contributed by atoms with Crippen LogP contribution in [0.2, 0.25) is 0 Å². The maximum absolute atomic E-state index is 11.3. The Hall–Kier alpha value is -1.75. The molecule has 1 heterocycles. The van der Waals surface area contributed by atoms with Gasteiger partial charge in [-0.1, -0.05) is 35.5 Å². The third-order valence-corrected chi connectivity index (χ3v) is 3.41. The van der Waals surface area contributed by atoms with E-state index in [1.165, 1.54) is 5.56 Å². The minimum Gasteiger partial charge on any atom is -0.352 e. The van der Waals surface area contributed by atoms with Gasteiger partial charge in [0.25, 0.3) is 0 Å². The van der Waals surface area contributed by atoms with Crippen LogP contribution in [0.4, 0.5) is 0 Å². The van der Waals surface area contributed by atoms with Crippen molar-refractivity contribution in [3.63, 3.8) is 0 Å². The van der Waals surface area contributed by atoms with Crippen LogP contribution in [0.3, 0.4) is 0 Å². The molecule has 1 amide bonds. The van der Waals surface area contributed by atoms with Crippen LogP contribution < -0.4 is 5.32 Å². The number of carbonyl (C=O) groups is 1. The number of nitrogens with one attached hydrogen (secondary N) is 1. The third-order valence-electron chi connectivity index (χ3n) is 3.41. The van der Waals surface area contributed by atoms with Crippen molar-refractivity contribution in [1.29, 1.82) is 0 Å². The lowest BCUT2D eigenvalue weighted by atomic mass is 10.0. The fourth-order valence-corrected chi connectivity index (χ4v) is 2.41. The van der Waals surface area contributed by atoms with Crippen LogP contribution >= 0.6 is 0 Å². The minimum absolute atomic E-state index is 0.182. The Kier molecular flexibility index (Phi) is 5.03. The molecule has 1 aliphatic heterocycles. The molecule has 0 saturated carbocycles. The van der Waals surface area contributed by atoms with Gasteiger partial charge in [-0.05, 0) is 18.4 Å². The van der Waals surface area contributed by atoms with Crippen molar-refractivity contribution in [2.24, 2.45) is 5.18 Å². The lowest BCUT2D eigenvalue weighted by Crippen LogP contribution is -2.44. The molecule has 0 radical (unpaired) electrons. The molecule has 1 aromatic carbocycles. The van der Waals surface area contributed by atoms with E-state index in [1.54, 1.807) is 0 Å². The lowest BCUT2D eigenvalue weighted by Gasteiger charge is -2.32. The summed E-state index contributed by atoms with van der Waals surface area (Å²) in [6, 6.07) is 10.6. The highest BCUT2D eigenvalue weighted by molar-refractivity contribution is 5.78. The Labute approximate surface area is 113 Å². The van der Waals surface area contributed by atoms with Gasteiger partial charge in [0, 0.05) is 25.7 Å². The molecule has 1 saturated heterocycles. The van der Waals surface area contributed by atoms with Crippen molar-refractivity contribution in [2.75, 3.05) is 19.6 Å². The predicted octanol–water partition coefficient (Wildman–Crippen LogP) is 1.53. The van der Waals surface area contributed by atoms with Gasteiger partial charge in [0.1, 0.15) is 0 Å². The molecule has 5 heteroatoms. The van der Waals surface area contributed by atoms with Crippen LogP contribution in [0.15, 0.2) is 35.5 Å². The maximum Gasteiger partial charge on any atom is 0.245 e. The van der Waals surface area contributed by atoms with Crippen molar-refractivity contribution in [3.8, 4) is 0 Å². The van der Waals surface area contributed by atoms with Crippen LogP contribution in [0.1, 0.15) is 18.4 Å². The summed E-state index contributed by atoms with van der Waals surface area (Å²) >= 11 is 0. The molecule has 1 N–H and O–H groups in total. The number of nitroso groups, excluding NO2 is 1. The molecule has 0 spiro atoms. The average molecular weight is 261 g/mol. The molecule has 2 rings (SSSR count). The van der Waals surface area contributed by atoms with E-state index in [0.29, 0.717) is 0 Å². The largest absolute Gasteiger partial charge is 0.352 e. The summed E-state index contributed by atoms with van der Waals surface area (Å²) in [5.74, 6) is -0.267. The van der Waals surface area contributed by atoms with Crippen LogP contribution in [0.5, 0.6) is 0 Å². The fourth-order valence-electron chi connectivity index (χ4n) is 2.41. The van der Waals surface area contributed by atoms with Crippen LogP contribution in [-0.4, -0.2) is 36.5 Å². The van der Waals surface area contributed by atoms with Crippen molar-refractivity contribution in [3.05, 3.63) is 40.8 Å². The minimum atomic E-state index is -0.274. The first-order valence-corrected chi connectivity index (χ1v) is 6.62. The van der Waals surface area contributed by atoms with Gasteiger partial charge in [0.05, 0.1) is 0 Å². The second-order valence-electron chi connectivity index (χ2n) is 4.89. The van der Waals surface area contributed by atoms with E-state index in [4.69, 9.17) is 0 Å². The summed E-state index contributed by atoms with van der Waals surface area (Å²) < 4.78 is 0. The van der Waals surface area contributed by atoms with E-state index < -0.39 is 0 Å². The van der Waals surface area contributed by atoms with E-state index in [-0.39, 0.29) is 18.5 Å². The van der Waals surface area contributed by atoms with Gasteiger partial charge in [0.2, 0.25) is 5.91 Å². The van der Waals surface area contributed by atoms with Crippen molar-refractivity contribution < 1.29 is 4.79 Å². The van der Waals surface area contributed by atoms with E-state index in [9.17, 15) is 9.70 Å². The molecule has 0 bridgehead atoms. The molecule has 1 aliphatic rings. The molecule has 19 heavy (non-hydrogen) atoms. The molecule has 1 fully saturated rings. The van der Waals surface area contributed by atoms with Gasteiger partial charge in [0.15, 0.2) is 6.54 Å². The highest BCUT2D eigenvalue weighted by Gasteiger charge is 2.20. The second-order valence-corrected chi connectivity index (χ2v) is 4.89. The molecule has 1 aromatic rings. The van der Waals surface area contributed by atoms with Gasteiger partial charge in [-0.15, -0.1) is 0 Å². The summed E-state index contributed by atoms with van der Waals surface area (Å²) in [4.78, 5) is 23.6. The number of likely N-dealkylation sites (tertiary alicyclic amines) is 1. The Bertz CT molecular complexity index is 414. The lowest BCUT2D eigenvalue weighted by molar-refractivity contribution is -0.120. The van der Waals surface area contributed by atoms with Crippen molar-refractivity contribution in [2.45, 2.75) is 25.4 Å². The molecular weight excluding hydrogens is 242 g/mol. The first-order valence-electron chi connectivity index (χ1n) is 6.62. The van der Waals surface area contributed by atoms with Gasteiger partial charge in [-0.25, -0.2) is 0 Å². The SMILES string of the molecule is O=NCC(=O)NC1CCN(Cc2ccccc2)CC1. The molecule has 0 aliphatic carbocycles. The summed E-state index contributed by atoms with van der Waals surface area (Å²) in [5, 5.41) is 5.44. The Morgan fingerprint density at radius 2 is 1.95 bits per heavy atom. The number of nitrogens with zero attached hydrogens (tertiary/aromatic N) is 2. The number of rotatable bonds is 5. The molecular formula is C14H19N3O2. The number of carbonyl (C=O) groups excluding carboxylic acids is 1. The number of amides is 1. The zero-order valence-corrected chi connectivity index (χ0v) is 10.9. The van der Waals surface area contributed by atoms with E-state index in [1.807, 2.05) is 6.07 Å². The number of benzene rings is 1. The standard InChI is InChI=1S/C14H19N3O2/c18-14(10-15-19)16-13-6-8-17(9-7-13)11-12-4-2-1-3-5-12/h1-5,13H,6-11H2,(H,16,18). The molecule has 0 unspecified atom stereocenters. The molecule has 0 atom stereocenters. The predicted molar refractivity (Wildman–Crippen MR) is 73.5 cm³/mol. The molecule has 102 valence electrons. The highest BCUT2D eigenvalue weighted by atomic mass is 16.3. The van der Waals surface area contributed by atoms with Crippen LogP contribution in [0, 0.1) is 4.91 Å². The smallest absolute Gasteiger partial charge is 0.245 e. The van der Waals surface area contributed by atoms with Gasteiger partial charge >= 0.3 is 0 Å². The average Bonchev–Trinajstić information content (AvgIpc) is 2.42. The molecule has 5 nitrogen and oxygen atoms in total. The highest BCUT2D eigenvalue weighted by Crippen LogP contribution is 2.13. The second kappa shape index (κ2) is 6.99. The first-order chi connectivity index (χ1) is 9.28. The summed E-state index contributed by atoms with van der Waals surface area (Å²) in [5.41, 5.74) is 1.31. The number of hydrogen-bond donors (Lipinski definition) is 1. The molecule has 0 aromatic heterocycles. The van der Waals surface area contributed by atoms with E-state index >= 15 is 0 Å². The zero-order chi connectivity index (χ0) is 13.5. The monoisotopic (exact) mass is 261 g/mol. The Balaban J connectivity index is 1.73. The van der Waals surface area contributed by atoms with Crippen molar-refractivity contribution >= 4 is 5.91 Å². The third kappa shape index (κ3) is 4.44. The van der Waals surface area contributed by atoms with Crippen molar-refractivity contribution in [1.82, 2.24) is 10.2 Å². The van der Waals surface area contributed by atoms with E-state index in [2.05, 4.69) is 39.7 Å². The number of piperidine rings is 1. The maximum atomic E-state index is 11.3. The summed E-state index contributed by atoms with van der Waals surface area (Å²) in [7, 11) is 0. The number of hydrogen-bond acceptors (Lipinski definition) is 4. The topological polar surface area (TPSA) is 61.8 Å². The summed E-state index contributed by atoms with van der Waals surface area (Å²) in [6.45, 7) is 2.62. The van der Waals surface area contributed by atoms with Crippen LogP contribution in [0.25, 0.3) is 0 Å². The van der Waals surface area contributed by atoms with Gasteiger partial charge < -0.3 is 5.32 Å². The Morgan fingerprint density at radius 3 is 2.58 bits per heavy atom. The van der Waals surface area contributed by atoms with Crippen LogP contribution in [-0.2, 0) is 11.3 Å². The summed E-state index contributed by atoms with van der Waals surface area (Å²) in [6.07, 6.45) is 1.86. The van der Waals surface area contributed by atoms with E-state index in [0.717, 1.165) is 32.5 Å². The van der Waals surface area contributed by atoms with Gasteiger partial charge in [-0.2, -0.15) is 4.91 Å². The van der Waals surface area contributed by atoms with Gasteiger partial charge in [-0.3, -0.25) is 9.69 Å².